The molecule has 0 heterocycles. The molecule has 0 aliphatic heterocycles. The lowest BCUT2D eigenvalue weighted by molar-refractivity contribution is 0.0945. The highest BCUT2D eigenvalue weighted by atomic mass is 16.1. The Morgan fingerprint density at radius 2 is 1.08 bits per heavy atom. The summed E-state index contributed by atoms with van der Waals surface area (Å²) in [6.07, 6.45) is 0. The number of fused-ring (bicyclic) bond motifs is 1. The van der Waals surface area contributed by atoms with Gasteiger partial charge in [0.05, 0.1) is 11.3 Å². The minimum absolute atomic E-state index is 0.104. The van der Waals surface area contributed by atoms with Gasteiger partial charge >= 0.3 is 0 Å². The van der Waals surface area contributed by atoms with Gasteiger partial charge in [-0.3, -0.25) is 4.79 Å². The third kappa shape index (κ3) is 3.43. The van der Waals surface area contributed by atoms with Crippen molar-refractivity contribution >= 4 is 5.78 Å². The molecule has 2 atom stereocenters. The van der Waals surface area contributed by atoms with Crippen LogP contribution in [0.3, 0.4) is 0 Å². The van der Waals surface area contributed by atoms with E-state index >= 15 is 0 Å². The highest BCUT2D eigenvalue weighted by molar-refractivity contribution is 6.03. The molecule has 0 radical (unpaired) electrons. The van der Waals surface area contributed by atoms with E-state index in [1.807, 2.05) is 30.3 Å². The van der Waals surface area contributed by atoms with Crippen LogP contribution in [0.1, 0.15) is 55.6 Å². The predicted octanol–water partition coefficient (Wildman–Crippen LogP) is 8.09. The molecule has 0 aromatic heterocycles. The van der Waals surface area contributed by atoms with E-state index in [1.54, 1.807) is 0 Å². The number of carbonyl (C=O) groups excluding carboxylic acids is 1. The Balaban J connectivity index is 1.73. The quantitative estimate of drug-likeness (QED) is 0.240. The summed E-state index contributed by atoms with van der Waals surface area (Å²) in [4.78, 5) is 14.4. The van der Waals surface area contributed by atoms with Crippen LogP contribution in [-0.2, 0) is 5.41 Å². The monoisotopic (exact) mass is 464 g/mol. The molecule has 5 aromatic carbocycles. The van der Waals surface area contributed by atoms with E-state index in [0.717, 1.165) is 11.1 Å². The summed E-state index contributed by atoms with van der Waals surface area (Å²) in [7, 11) is 0. The van der Waals surface area contributed by atoms with E-state index in [2.05, 4.69) is 116 Å². The van der Waals surface area contributed by atoms with Gasteiger partial charge in [0, 0.05) is 11.5 Å². The van der Waals surface area contributed by atoms with E-state index in [1.165, 1.54) is 27.8 Å². The lowest BCUT2D eigenvalue weighted by Crippen LogP contribution is -2.35. The van der Waals surface area contributed by atoms with Crippen LogP contribution in [0.4, 0.5) is 0 Å². The molecule has 1 aliphatic carbocycles. The molecule has 0 spiro atoms. The van der Waals surface area contributed by atoms with E-state index in [0.29, 0.717) is 0 Å². The van der Waals surface area contributed by atoms with Gasteiger partial charge in [-0.2, -0.15) is 0 Å². The molecule has 0 amide bonds. The number of carbonyl (C=O) groups is 1. The van der Waals surface area contributed by atoms with Crippen LogP contribution in [0.15, 0.2) is 140 Å². The first-order valence-corrected chi connectivity index (χ1v) is 12.6. The first-order chi connectivity index (χ1) is 17.7. The van der Waals surface area contributed by atoms with Crippen LogP contribution in [0.25, 0.3) is 0 Å². The SMILES string of the molecule is Cc1ccc([C@@H]2[C@@H](C(=O)c3ccccc3)c3ccccc3C2(c2ccccc2)c2ccccc2)cc1. The van der Waals surface area contributed by atoms with Crippen molar-refractivity contribution in [2.75, 3.05) is 0 Å². The molecule has 1 heteroatoms. The highest BCUT2D eigenvalue weighted by Crippen LogP contribution is 2.62. The largest absolute Gasteiger partial charge is 0.293 e. The Kier molecular flexibility index (Phi) is 5.62. The van der Waals surface area contributed by atoms with Crippen LogP contribution < -0.4 is 0 Å². The van der Waals surface area contributed by atoms with Crippen molar-refractivity contribution < 1.29 is 4.79 Å². The van der Waals surface area contributed by atoms with Crippen LogP contribution in [-0.4, -0.2) is 5.78 Å². The number of hydrogen-bond donors (Lipinski definition) is 0. The number of Topliss-reactive ketones (excluding diaryl/α,β-unsaturated/α-hetero) is 1. The van der Waals surface area contributed by atoms with Gasteiger partial charge in [-0.15, -0.1) is 0 Å². The first-order valence-electron chi connectivity index (χ1n) is 12.6. The minimum atomic E-state index is -0.510. The lowest BCUT2D eigenvalue weighted by Gasteiger charge is -2.40. The lowest BCUT2D eigenvalue weighted by atomic mass is 9.61. The third-order valence-electron chi connectivity index (χ3n) is 7.76. The number of hydrogen-bond acceptors (Lipinski definition) is 1. The van der Waals surface area contributed by atoms with Gasteiger partial charge in [-0.25, -0.2) is 0 Å². The zero-order valence-electron chi connectivity index (χ0n) is 20.3. The molecular formula is C35H28O. The second-order valence-corrected chi connectivity index (χ2v) is 9.72. The van der Waals surface area contributed by atoms with Crippen molar-refractivity contribution in [1.29, 1.82) is 0 Å². The second-order valence-electron chi connectivity index (χ2n) is 9.72. The first kappa shape index (κ1) is 22.2. The van der Waals surface area contributed by atoms with Crippen LogP contribution in [0.5, 0.6) is 0 Å². The summed E-state index contributed by atoms with van der Waals surface area (Å²) in [5.74, 6) is -0.248. The Hall–Kier alpha value is -4.23. The van der Waals surface area contributed by atoms with Crippen LogP contribution in [0, 0.1) is 6.92 Å². The third-order valence-corrected chi connectivity index (χ3v) is 7.76. The Morgan fingerprint density at radius 1 is 0.583 bits per heavy atom. The molecule has 0 fully saturated rings. The van der Waals surface area contributed by atoms with Gasteiger partial charge in [0.1, 0.15) is 0 Å². The number of rotatable bonds is 5. The molecule has 1 nitrogen and oxygen atoms in total. The second kappa shape index (κ2) is 9.09. The van der Waals surface area contributed by atoms with Crippen molar-refractivity contribution in [3.8, 4) is 0 Å². The predicted molar refractivity (Wildman–Crippen MR) is 147 cm³/mol. The molecule has 0 N–H and O–H groups in total. The van der Waals surface area contributed by atoms with Gasteiger partial charge in [-0.05, 0) is 34.7 Å². The maximum Gasteiger partial charge on any atom is 0.170 e. The van der Waals surface area contributed by atoms with E-state index in [9.17, 15) is 4.79 Å². The maximum atomic E-state index is 14.4. The van der Waals surface area contributed by atoms with Crippen molar-refractivity contribution in [2.45, 2.75) is 24.2 Å². The Bertz CT molecular complexity index is 1450. The summed E-state index contributed by atoms with van der Waals surface area (Å²) in [5.41, 5.74) is 7.38. The molecule has 0 unspecified atom stereocenters. The van der Waals surface area contributed by atoms with Gasteiger partial charge in [-0.1, -0.05) is 145 Å². The van der Waals surface area contributed by atoms with E-state index in [-0.39, 0.29) is 17.6 Å². The highest BCUT2D eigenvalue weighted by Gasteiger charge is 2.56. The normalized spacial score (nSPS) is 17.9. The summed E-state index contributed by atoms with van der Waals surface area (Å²) in [6, 6.07) is 48.6. The average molecular weight is 465 g/mol. The van der Waals surface area contributed by atoms with E-state index < -0.39 is 5.41 Å². The summed E-state index contributed by atoms with van der Waals surface area (Å²) >= 11 is 0. The molecule has 0 saturated heterocycles. The molecular weight excluding hydrogens is 436 g/mol. The fourth-order valence-corrected chi connectivity index (χ4v) is 6.25. The fourth-order valence-electron chi connectivity index (χ4n) is 6.25. The van der Waals surface area contributed by atoms with Gasteiger partial charge in [0.15, 0.2) is 5.78 Å². The van der Waals surface area contributed by atoms with Crippen molar-refractivity contribution in [3.63, 3.8) is 0 Å². The Labute approximate surface area is 213 Å². The standard InChI is InChI=1S/C35H28O/c1-25-21-23-26(24-22-25)33-32(34(36)27-13-5-2-6-14-27)30-19-11-12-20-31(30)35(33,28-15-7-3-8-16-28)29-17-9-4-10-18-29/h2-24,32-33H,1H3/t32-,33+/m0/s1. The minimum Gasteiger partial charge on any atom is -0.293 e. The zero-order chi connectivity index (χ0) is 24.5. The fraction of sp³-hybridized carbons (Fsp3) is 0.114. The maximum absolute atomic E-state index is 14.4. The molecule has 5 aromatic rings. The van der Waals surface area contributed by atoms with E-state index in [4.69, 9.17) is 0 Å². The van der Waals surface area contributed by atoms with Gasteiger partial charge in [0.2, 0.25) is 0 Å². The number of benzene rings is 5. The van der Waals surface area contributed by atoms with Crippen molar-refractivity contribution in [2.24, 2.45) is 0 Å². The Morgan fingerprint density at radius 3 is 1.67 bits per heavy atom. The van der Waals surface area contributed by atoms with Gasteiger partial charge < -0.3 is 0 Å². The molecule has 1 aliphatic rings. The zero-order valence-corrected chi connectivity index (χ0v) is 20.3. The summed E-state index contributed by atoms with van der Waals surface area (Å²) < 4.78 is 0. The van der Waals surface area contributed by atoms with Gasteiger partial charge in [0.25, 0.3) is 0 Å². The molecule has 36 heavy (non-hydrogen) atoms. The smallest absolute Gasteiger partial charge is 0.170 e. The average Bonchev–Trinajstić information content (AvgIpc) is 3.26. The number of ketones is 1. The summed E-state index contributed by atoms with van der Waals surface area (Å²) in [6.45, 7) is 2.11. The molecule has 0 bridgehead atoms. The molecule has 0 saturated carbocycles. The molecule has 174 valence electrons. The van der Waals surface area contributed by atoms with Crippen molar-refractivity contribution in [3.05, 3.63) is 178 Å². The van der Waals surface area contributed by atoms with Crippen LogP contribution in [0.2, 0.25) is 0 Å². The molecule has 6 rings (SSSR count). The van der Waals surface area contributed by atoms with Crippen LogP contribution >= 0.6 is 0 Å². The topological polar surface area (TPSA) is 17.1 Å². The number of aryl methyl sites for hydroxylation is 1. The summed E-state index contributed by atoms with van der Waals surface area (Å²) in [5, 5.41) is 0. The van der Waals surface area contributed by atoms with Crippen molar-refractivity contribution in [1.82, 2.24) is 0 Å².